The van der Waals surface area contributed by atoms with Gasteiger partial charge in [-0.2, -0.15) is 0 Å². The van der Waals surface area contributed by atoms with Gasteiger partial charge in [-0.3, -0.25) is 9.59 Å². The molecular weight excluding hydrogens is 320 g/mol. The van der Waals surface area contributed by atoms with Crippen LogP contribution in [0, 0.1) is 0 Å². The topological polar surface area (TPSA) is 85.4 Å². The van der Waals surface area contributed by atoms with Crippen molar-refractivity contribution in [2.24, 2.45) is 0 Å². The summed E-state index contributed by atoms with van der Waals surface area (Å²) >= 11 is 5.70. The van der Waals surface area contributed by atoms with E-state index >= 15 is 0 Å². The third kappa shape index (κ3) is 4.62. The fourth-order valence-corrected chi connectivity index (χ4v) is 1.77. The molecule has 2 rings (SSSR count). The molecule has 0 aliphatic rings. The number of carbonyl (C=O) groups excluding carboxylic acids is 3. The van der Waals surface area contributed by atoms with Crippen molar-refractivity contribution in [3.63, 3.8) is 0 Å². The lowest BCUT2D eigenvalue weighted by Gasteiger charge is -2.13. The Morgan fingerprint density at radius 3 is 2.48 bits per heavy atom. The largest absolute Gasteiger partial charge is 0.449 e. The summed E-state index contributed by atoms with van der Waals surface area (Å²) in [7, 11) is 0. The van der Waals surface area contributed by atoms with Crippen molar-refractivity contribution in [1.82, 2.24) is 4.98 Å². The molecule has 0 unspecified atom stereocenters. The maximum atomic E-state index is 12.0. The van der Waals surface area contributed by atoms with Gasteiger partial charge >= 0.3 is 5.97 Å². The first kappa shape index (κ1) is 16.6. The Kier molecular flexibility index (Phi) is 5.43. The van der Waals surface area contributed by atoms with Crippen molar-refractivity contribution in [2.45, 2.75) is 13.0 Å². The van der Waals surface area contributed by atoms with Gasteiger partial charge in [0.25, 0.3) is 5.91 Å². The van der Waals surface area contributed by atoms with E-state index < -0.39 is 18.0 Å². The molecule has 1 atom stereocenters. The smallest absolute Gasteiger partial charge is 0.338 e. The van der Waals surface area contributed by atoms with E-state index in [4.69, 9.17) is 16.3 Å². The number of carbonyl (C=O) groups is 3. The molecule has 23 heavy (non-hydrogen) atoms. The number of halogens is 1. The second kappa shape index (κ2) is 7.51. The number of hydrogen-bond acceptors (Lipinski definition) is 5. The van der Waals surface area contributed by atoms with Gasteiger partial charge in [0.05, 0.1) is 10.6 Å². The standard InChI is InChI=1S/C16H13ClN2O4/c1-10(15(21)19-14-7-6-13(17)8-18-14)23-16(22)12-4-2-11(9-20)3-5-12/h2-10H,1H3,(H,18,19,21)/t10-/m0/s1. The molecule has 0 radical (unpaired) electrons. The van der Waals surface area contributed by atoms with Crippen LogP contribution in [0.2, 0.25) is 5.02 Å². The number of rotatable bonds is 5. The van der Waals surface area contributed by atoms with Gasteiger partial charge in [-0.25, -0.2) is 9.78 Å². The minimum atomic E-state index is -1.01. The highest BCUT2D eigenvalue weighted by atomic mass is 35.5. The van der Waals surface area contributed by atoms with Crippen LogP contribution in [0.1, 0.15) is 27.6 Å². The molecule has 6 nitrogen and oxygen atoms in total. The number of nitrogens with one attached hydrogen (secondary N) is 1. The van der Waals surface area contributed by atoms with Crippen molar-refractivity contribution in [3.8, 4) is 0 Å². The van der Waals surface area contributed by atoms with Crippen LogP contribution < -0.4 is 5.32 Å². The number of hydrogen-bond donors (Lipinski definition) is 1. The molecular formula is C16H13ClN2O4. The number of aldehydes is 1. The summed E-state index contributed by atoms with van der Waals surface area (Å²) in [6, 6.07) is 9.01. The van der Waals surface area contributed by atoms with Crippen molar-refractivity contribution in [2.75, 3.05) is 5.32 Å². The third-order valence-corrected chi connectivity index (χ3v) is 3.14. The molecule has 0 aliphatic carbocycles. The minimum absolute atomic E-state index is 0.250. The van der Waals surface area contributed by atoms with E-state index in [2.05, 4.69) is 10.3 Å². The van der Waals surface area contributed by atoms with Crippen molar-refractivity contribution in [3.05, 3.63) is 58.7 Å². The van der Waals surface area contributed by atoms with E-state index in [1.54, 1.807) is 6.07 Å². The van der Waals surface area contributed by atoms with Gasteiger partial charge in [-0.15, -0.1) is 0 Å². The van der Waals surface area contributed by atoms with Crippen LogP contribution in [0.5, 0.6) is 0 Å². The predicted molar refractivity (Wildman–Crippen MR) is 84.6 cm³/mol. The first-order valence-electron chi connectivity index (χ1n) is 6.68. The summed E-state index contributed by atoms with van der Waals surface area (Å²) in [5.74, 6) is -0.871. The second-order valence-electron chi connectivity index (χ2n) is 4.64. The summed E-state index contributed by atoms with van der Waals surface area (Å²) in [4.78, 5) is 38.4. The monoisotopic (exact) mass is 332 g/mol. The summed E-state index contributed by atoms with van der Waals surface area (Å²) in [5, 5.41) is 2.96. The lowest BCUT2D eigenvalue weighted by molar-refractivity contribution is -0.123. The Balaban J connectivity index is 1.95. The molecule has 0 fully saturated rings. The molecule has 0 spiro atoms. The van der Waals surface area contributed by atoms with E-state index in [9.17, 15) is 14.4 Å². The predicted octanol–water partition coefficient (Wildman–Crippen LogP) is 2.73. The zero-order chi connectivity index (χ0) is 16.8. The van der Waals surface area contributed by atoms with E-state index in [1.807, 2.05) is 0 Å². The molecule has 1 heterocycles. The van der Waals surface area contributed by atoms with Gasteiger partial charge in [-0.05, 0) is 31.2 Å². The minimum Gasteiger partial charge on any atom is -0.449 e. The van der Waals surface area contributed by atoms with Crippen molar-refractivity contribution in [1.29, 1.82) is 0 Å². The molecule has 1 N–H and O–H groups in total. The number of esters is 1. The molecule has 1 aromatic heterocycles. The first-order valence-corrected chi connectivity index (χ1v) is 7.06. The Bertz CT molecular complexity index is 714. The Hall–Kier alpha value is -2.73. The van der Waals surface area contributed by atoms with Gasteiger partial charge in [0.15, 0.2) is 6.10 Å². The summed E-state index contributed by atoms with van der Waals surface area (Å²) in [5.41, 5.74) is 0.695. The van der Waals surface area contributed by atoms with Crippen molar-refractivity contribution >= 4 is 35.6 Å². The van der Waals surface area contributed by atoms with Crippen LogP contribution in [-0.2, 0) is 9.53 Å². The number of amides is 1. The Morgan fingerprint density at radius 2 is 1.91 bits per heavy atom. The highest BCUT2D eigenvalue weighted by molar-refractivity contribution is 6.30. The molecule has 118 valence electrons. The average Bonchev–Trinajstić information content (AvgIpc) is 2.56. The average molecular weight is 333 g/mol. The molecule has 0 saturated carbocycles. The van der Waals surface area contributed by atoms with Crippen LogP contribution in [0.3, 0.4) is 0 Å². The van der Waals surface area contributed by atoms with E-state index in [1.165, 1.54) is 43.5 Å². The SMILES string of the molecule is C[C@H](OC(=O)c1ccc(C=O)cc1)C(=O)Nc1ccc(Cl)cn1. The van der Waals surface area contributed by atoms with Gasteiger partial charge in [-0.1, -0.05) is 23.7 Å². The Labute approximate surface area is 137 Å². The fourth-order valence-electron chi connectivity index (χ4n) is 1.66. The van der Waals surface area contributed by atoms with Crippen molar-refractivity contribution < 1.29 is 19.1 Å². The highest BCUT2D eigenvalue weighted by Gasteiger charge is 2.19. The third-order valence-electron chi connectivity index (χ3n) is 2.91. The number of aromatic nitrogens is 1. The number of nitrogens with zero attached hydrogens (tertiary/aromatic N) is 1. The second-order valence-corrected chi connectivity index (χ2v) is 5.07. The number of benzene rings is 1. The Morgan fingerprint density at radius 1 is 1.22 bits per heavy atom. The number of ether oxygens (including phenoxy) is 1. The molecule has 1 amide bonds. The summed E-state index contributed by atoms with van der Waals surface area (Å²) in [6.07, 6.45) is 1.05. The van der Waals surface area contributed by atoms with Crippen LogP contribution in [-0.4, -0.2) is 29.3 Å². The first-order chi connectivity index (χ1) is 11.0. The lowest BCUT2D eigenvalue weighted by atomic mass is 10.1. The molecule has 0 saturated heterocycles. The number of pyridine rings is 1. The van der Waals surface area contributed by atoms with Crippen LogP contribution in [0.4, 0.5) is 5.82 Å². The van der Waals surface area contributed by atoms with Gasteiger partial charge in [0.2, 0.25) is 0 Å². The van der Waals surface area contributed by atoms with E-state index in [0.29, 0.717) is 22.7 Å². The molecule has 1 aromatic carbocycles. The maximum Gasteiger partial charge on any atom is 0.338 e. The van der Waals surface area contributed by atoms with Gasteiger partial charge in [0, 0.05) is 11.8 Å². The van der Waals surface area contributed by atoms with Gasteiger partial charge in [0.1, 0.15) is 12.1 Å². The van der Waals surface area contributed by atoms with Gasteiger partial charge < -0.3 is 10.1 Å². The molecule has 0 bridgehead atoms. The summed E-state index contributed by atoms with van der Waals surface area (Å²) < 4.78 is 5.07. The maximum absolute atomic E-state index is 12.0. The molecule has 7 heteroatoms. The van der Waals surface area contributed by atoms with Crippen LogP contribution in [0.25, 0.3) is 0 Å². The zero-order valence-electron chi connectivity index (χ0n) is 12.2. The molecule has 0 aliphatic heterocycles. The zero-order valence-corrected chi connectivity index (χ0v) is 12.9. The normalized spacial score (nSPS) is 11.4. The van der Waals surface area contributed by atoms with E-state index in [-0.39, 0.29) is 5.56 Å². The quantitative estimate of drug-likeness (QED) is 0.672. The van der Waals surface area contributed by atoms with E-state index in [0.717, 1.165) is 0 Å². The van der Waals surface area contributed by atoms with Crippen LogP contribution >= 0.6 is 11.6 Å². The summed E-state index contributed by atoms with van der Waals surface area (Å²) in [6.45, 7) is 1.45. The molecule has 2 aromatic rings. The lowest BCUT2D eigenvalue weighted by Crippen LogP contribution is -2.30. The highest BCUT2D eigenvalue weighted by Crippen LogP contribution is 2.11. The number of anilines is 1. The fraction of sp³-hybridized carbons (Fsp3) is 0.125. The van der Waals surface area contributed by atoms with Crippen LogP contribution in [0.15, 0.2) is 42.6 Å².